The number of methoxy groups -OCH3 is 2. The molecule has 0 unspecified atom stereocenters. The molecule has 140 valence electrons. The topological polar surface area (TPSA) is 88.7 Å². The molecule has 3 N–H and O–H groups in total. The van der Waals surface area contributed by atoms with Gasteiger partial charge in [0.1, 0.15) is 11.5 Å². The summed E-state index contributed by atoms with van der Waals surface area (Å²) in [5.41, 5.74) is 2.24. The third-order valence-electron chi connectivity index (χ3n) is 4.32. The van der Waals surface area contributed by atoms with Crippen molar-refractivity contribution in [2.24, 2.45) is 0 Å². The van der Waals surface area contributed by atoms with E-state index in [-0.39, 0.29) is 11.9 Å². The van der Waals surface area contributed by atoms with Gasteiger partial charge in [-0.05, 0) is 36.8 Å². The van der Waals surface area contributed by atoms with Gasteiger partial charge in [-0.3, -0.25) is 4.79 Å². The summed E-state index contributed by atoms with van der Waals surface area (Å²) in [6.07, 6.45) is 0. The number of allylic oxidation sites excluding steroid dienone is 1. The Bertz CT molecular complexity index is 890. The molecule has 3 rings (SSSR count). The lowest BCUT2D eigenvalue weighted by Gasteiger charge is -2.29. The van der Waals surface area contributed by atoms with Crippen LogP contribution in [-0.2, 0) is 4.79 Å². The van der Waals surface area contributed by atoms with Crippen LogP contribution in [0.3, 0.4) is 0 Å². The summed E-state index contributed by atoms with van der Waals surface area (Å²) in [6, 6.07) is 13.4. The number of hydrogen-bond acceptors (Lipinski definition) is 4. The SMILES string of the molecule is COc1ccc([C@H]2NC(=O)NC(C)=C2C(=O)Nc2ccccc2OC)cc1. The average molecular weight is 367 g/mol. The number of nitrogens with one attached hydrogen (secondary N) is 3. The number of benzene rings is 2. The lowest BCUT2D eigenvalue weighted by Crippen LogP contribution is -2.45. The summed E-state index contributed by atoms with van der Waals surface area (Å²) in [6.45, 7) is 1.70. The van der Waals surface area contributed by atoms with Crippen LogP contribution in [-0.4, -0.2) is 26.2 Å². The highest BCUT2D eigenvalue weighted by Crippen LogP contribution is 2.30. The van der Waals surface area contributed by atoms with Gasteiger partial charge in [-0.25, -0.2) is 4.79 Å². The van der Waals surface area contributed by atoms with Crippen molar-refractivity contribution in [2.75, 3.05) is 19.5 Å². The summed E-state index contributed by atoms with van der Waals surface area (Å²) in [4.78, 5) is 25.0. The number of carbonyl (C=O) groups excluding carboxylic acids is 2. The minimum atomic E-state index is -0.584. The monoisotopic (exact) mass is 367 g/mol. The highest BCUT2D eigenvalue weighted by molar-refractivity contribution is 6.07. The highest BCUT2D eigenvalue weighted by Gasteiger charge is 2.31. The van der Waals surface area contributed by atoms with Crippen molar-refractivity contribution in [3.8, 4) is 11.5 Å². The third-order valence-corrected chi connectivity index (χ3v) is 4.32. The average Bonchev–Trinajstić information content (AvgIpc) is 2.67. The van der Waals surface area contributed by atoms with E-state index in [0.717, 1.165) is 5.56 Å². The molecule has 1 aliphatic heterocycles. The molecular weight excluding hydrogens is 346 g/mol. The van der Waals surface area contributed by atoms with Crippen LogP contribution in [0.5, 0.6) is 11.5 Å². The standard InChI is InChI=1S/C20H21N3O4/c1-12-17(19(24)22-15-6-4-5-7-16(15)27-3)18(23-20(25)21-12)13-8-10-14(26-2)11-9-13/h4-11,18H,1-3H3,(H,22,24)(H2,21,23,25)/t18-/m1/s1. The van der Waals surface area contributed by atoms with Gasteiger partial charge in [0.15, 0.2) is 0 Å². The molecule has 3 amide bonds. The maximum Gasteiger partial charge on any atom is 0.319 e. The highest BCUT2D eigenvalue weighted by atomic mass is 16.5. The summed E-state index contributed by atoms with van der Waals surface area (Å²) in [5, 5.41) is 8.33. The molecule has 27 heavy (non-hydrogen) atoms. The minimum absolute atomic E-state index is 0.328. The minimum Gasteiger partial charge on any atom is -0.497 e. The number of hydrogen-bond donors (Lipinski definition) is 3. The first kappa shape index (κ1) is 18.3. The maximum absolute atomic E-state index is 13.0. The molecule has 1 aliphatic rings. The molecule has 0 aliphatic carbocycles. The lowest BCUT2D eigenvalue weighted by atomic mass is 9.94. The number of anilines is 1. The fourth-order valence-electron chi connectivity index (χ4n) is 2.98. The predicted octanol–water partition coefficient (Wildman–Crippen LogP) is 2.97. The molecule has 2 aromatic carbocycles. The van der Waals surface area contributed by atoms with Crippen LogP contribution in [0.4, 0.5) is 10.5 Å². The van der Waals surface area contributed by atoms with Gasteiger partial charge in [-0.15, -0.1) is 0 Å². The summed E-state index contributed by atoms with van der Waals surface area (Å²) >= 11 is 0. The van der Waals surface area contributed by atoms with Crippen LogP contribution in [0.15, 0.2) is 59.8 Å². The van der Waals surface area contributed by atoms with Crippen molar-refractivity contribution >= 4 is 17.6 Å². The zero-order valence-corrected chi connectivity index (χ0v) is 15.3. The van der Waals surface area contributed by atoms with Crippen LogP contribution in [0.2, 0.25) is 0 Å². The zero-order valence-electron chi connectivity index (χ0n) is 15.3. The summed E-state index contributed by atoms with van der Waals surface area (Å²) in [7, 11) is 3.12. The first-order valence-electron chi connectivity index (χ1n) is 8.40. The first-order valence-corrected chi connectivity index (χ1v) is 8.40. The number of amides is 3. The van der Waals surface area contributed by atoms with Crippen LogP contribution in [0, 0.1) is 0 Å². The number of carbonyl (C=O) groups is 2. The van der Waals surface area contributed by atoms with Crippen LogP contribution in [0.1, 0.15) is 18.5 Å². The largest absolute Gasteiger partial charge is 0.497 e. The van der Waals surface area contributed by atoms with E-state index >= 15 is 0 Å². The molecule has 0 spiro atoms. The molecule has 1 atom stereocenters. The molecule has 0 saturated carbocycles. The molecule has 2 aromatic rings. The number of urea groups is 1. The number of ether oxygens (including phenoxy) is 2. The third kappa shape index (κ3) is 3.87. The van der Waals surface area contributed by atoms with E-state index in [1.54, 1.807) is 44.4 Å². The quantitative estimate of drug-likeness (QED) is 0.758. The van der Waals surface area contributed by atoms with Crippen molar-refractivity contribution in [1.29, 1.82) is 0 Å². The van der Waals surface area contributed by atoms with E-state index in [0.29, 0.717) is 28.5 Å². The van der Waals surface area contributed by atoms with Gasteiger partial charge >= 0.3 is 6.03 Å². The number of rotatable bonds is 5. The Balaban J connectivity index is 1.94. The van der Waals surface area contributed by atoms with E-state index in [9.17, 15) is 9.59 Å². The van der Waals surface area contributed by atoms with Crippen molar-refractivity contribution in [2.45, 2.75) is 13.0 Å². The Morgan fingerprint density at radius 2 is 1.74 bits per heavy atom. The van der Waals surface area contributed by atoms with Crippen LogP contribution < -0.4 is 25.4 Å². The van der Waals surface area contributed by atoms with E-state index in [1.165, 1.54) is 7.11 Å². The summed E-state index contributed by atoms with van der Waals surface area (Å²) < 4.78 is 10.5. The Morgan fingerprint density at radius 3 is 2.41 bits per heavy atom. The lowest BCUT2D eigenvalue weighted by molar-refractivity contribution is -0.113. The molecule has 1 heterocycles. The second kappa shape index (κ2) is 7.82. The predicted molar refractivity (Wildman–Crippen MR) is 102 cm³/mol. The van der Waals surface area contributed by atoms with Gasteiger partial charge in [0.25, 0.3) is 5.91 Å². The van der Waals surface area contributed by atoms with Gasteiger partial charge in [0.2, 0.25) is 0 Å². The molecule has 0 aromatic heterocycles. The van der Waals surface area contributed by atoms with E-state index in [2.05, 4.69) is 16.0 Å². The second-order valence-corrected chi connectivity index (χ2v) is 6.00. The van der Waals surface area contributed by atoms with Gasteiger partial charge in [-0.1, -0.05) is 24.3 Å². The molecule has 7 nitrogen and oxygen atoms in total. The maximum atomic E-state index is 13.0. The molecule has 0 saturated heterocycles. The second-order valence-electron chi connectivity index (χ2n) is 6.00. The van der Waals surface area contributed by atoms with Crippen molar-refractivity contribution in [3.05, 3.63) is 65.4 Å². The normalized spacial score (nSPS) is 16.3. The zero-order chi connectivity index (χ0) is 19.4. The number of para-hydroxylation sites is 2. The van der Waals surface area contributed by atoms with Gasteiger partial charge < -0.3 is 25.4 Å². The van der Waals surface area contributed by atoms with Crippen molar-refractivity contribution < 1.29 is 19.1 Å². The van der Waals surface area contributed by atoms with E-state index in [1.807, 2.05) is 18.2 Å². The van der Waals surface area contributed by atoms with Gasteiger partial charge in [0, 0.05) is 5.70 Å². The summed E-state index contributed by atoms with van der Waals surface area (Å²) in [5.74, 6) is 0.919. The fraction of sp³-hybridized carbons (Fsp3) is 0.200. The van der Waals surface area contributed by atoms with Gasteiger partial charge in [-0.2, -0.15) is 0 Å². The molecular formula is C20H21N3O4. The fourth-order valence-corrected chi connectivity index (χ4v) is 2.98. The Kier molecular flexibility index (Phi) is 5.30. The first-order chi connectivity index (χ1) is 13.0. The Hall–Kier alpha value is -3.48. The van der Waals surface area contributed by atoms with Crippen LogP contribution >= 0.6 is 0 Å². The van der Waals surface area contributed by atoms with Crippen LogP contribution in [0.25, 0.3) is 0 Å². The van der Waals surface area contributed by atoms with Crippen molar-refractivity contribution in [1.82, 2.24) is 10.6 Å². The Labute approximate surface area is 157 Å². The van der Waals surface area contributed by atoms with Crippen molar-refractivity contribution in [3.63, 3.8) is 0 Å². The smallest absolute Gasteiger partial charge is 0.319 e. The molecule has 0 fully saturated rings. The van der Waals surface area contributed by atoms with E-state index < -0.39 is 6.04 Å². The molecule has 0 bridgehead atoms. The Morgan fingerprint density at radius 1 is 1.04 bits per heavy atom. The van der Waals surface area contributed by atoms with Gasteiger partial charge in [0.05, 0.1) is 31.5 Å². The van der Waals surface area contributed by atoms with E-state index in [4.69, 9.17) is 9.47 Å². The molecule has 0 radical (unpaired) electrons. The molecule has 7 heteroatoms.